The van der Waals surface area contributed by atoms with Crippen molar-refractivity contribution >= 4 is 17.5 Å². The predicted octanol–water partition coefficient (Wildman–Crippen LogP) is 1.59. The van der Waals surface area contributed by atoms with Crippen molar-refractivity contribution in [3.05, 3.63) is 47.3 Å². The fraction of sp³-hybridized carbons (Fsp3) is 0.154. The lowest BCUT2D eigenvalue weighted by Crippen LogP contribution is -2.21. The lowest BCUT2D eigenvalue weighted by atomic mass is 10.1. The smallest absolute Gasteiger partial charge is 0.277 e. The molecule has 2 aromatic rings. The van der Waals surface area contributed by atoms with E-state index in [-0.39, 0.29) is 11.6 Å². The fourth-order valence-corrected chi connectivity index (χ4v) is 1.58. The van der Waals surface area contributed by atoms with E-state index in [1.54, 1.807) is 31.2 Å². The van der Waals surface area contributed by atoms with Gasteiger partial charge in [-0.3, -0.25) is 9.59 Å². The number of carbonyl (C=O) groups excluding carboxylic acids is 2. The van der Waals surface area contributed by atoms with Crippen LogP contribution in [0.2, 0.25) is 0 Å². The molecule has 2 amide bonds. The summed E-state index contributed by atoms with van der Waals surface area (Å²) in [6.07, 6.45) is 0. The summed E-state index contributed by atoms with van der Waals surface area (Å²) in [6, 6.07) is 8.26. The van der Waals surface area contributed by atoms with E-state index >= 15 is 0 Å². The Bertz CT molecular complexity index is 619. The lowest BCUT2D eigenvalue weighted by Gasteiger charge is -2.08. The Hall–Kier alpha value is -2.63. The van der Waals surface area contributed by atoms with Crippen molar-refractivity contribution in [1.29, 1.82) is 0 Å². The van der Waals surface area contributed by atoms with Crippen LogP contribution in [0.3, 0.4) is 0 Å². The Morgan fingerprint density at radius 2 is 1.95 bits per heavy atom. The highest BCUT2D eigenvalue weighted by Gasteiger charge is 2.15. The Morgan fingerprint density at radius 3 is 2.58 bits per heavy atom. The van der Waals surface area contributed by atoms with Gasteiger partial charge in [-0.15, -0.1) is 0 Å². The molecule has 1 heterocycles. The first-order valence-corrected chi connectivity index (χ1v) is 5.67. The maximum Gasteiger partial charge on any atom is 0.277 e. The van der Waals surface area contributed by atoms with Crippen molar-refractivity contribution in [2.75, 3.05) is 12.4 Å². The van der Waals surface area contributed by atoms with Crippen molar-refractivity contribution < 1.29 is 14.1 Å². The molecule has 6 heteroatoms. The van der Waals surface area contributed by atoms with Gasteiger partial charge in [0.05, 0.1) is 11.3 Å². The maximum absolute atomic E-state index is 11.9. The van der Waals surface area contributed by atoms with Crippen LogP contribution in [0.5, 0.6) is 0 Å². The molecule has 0 unspecified atom stereocenters. The molecule has 0 atom stereocenters. The molecule has 0 radical (unpaired) electrons. The number of benzene rings is 1. The molecule has 0 bridgehead atoms. The fourth-order valence-electron chi connectivity index (χ4n) is 1.58. The molecule has 0 aliphatic rings. The number of nitrogens with zero attached hydrogens (tertiary/aromatic N) is 1. The van der Waals surface area contributed by atoms with E-state index in [0.29, 0.717) is 17.0 Å². The summed E-state index contributed by atoms with van der Waals surface area (Å²) in [5, 5.41) is 8.77. The van der Waals surface area contributed by atoms with Crippen molar-refractivity contribution in [2.24, 2.45) is 0 Å². The van der Waals surface area contributed by atoms with E-state index in [0.717, 1.165) is 0 Å². The molecule has 0 spiro atoms. The van der Waals surface area contributed by atoms with E-state index in [1.165, 1.54) is 13.1 Å². The number of hydrogen-bond acceptors (Lipinski definition) is 4. The van der Waals surface area contributed by atoms with Gasteiger partial charge in [0, 0.05) is 13.1 Å². The standard InChI is InChI=1S/C13H13N3O3/c1-8-7-11(16-19-8)13(18)15-10-6-4-3-5-9(10)12(17)14-2/h3-7H,1-2H3,(H,14,17)(H,15,18). The third kappa shape index (κ3) is 2.79. The minimum atomic E-state index is -0.423. The normalized spacial score (nSPS) is 10.0. The highest BCUT2D eigenvalue weighted by atomic mass is 16.5. The number of anilines is 1. The molecule has 98 valence electrons. The number of hydrogen-bond donors (Lipinski definition) is 2. The van der Waals surface area contributed by atoms with Gasteiger partial charge >= 0.3 is 0 Å². The van der Waals surface area contributed by atoms with Gasteiger partial charge in [-0.05, 0) is 19.1 Å². The van der Waals surface area contributed by atoms with Crippen molar-refractivity contribution in [3.63, 3.8) is 0 Å². The maximum atomic E-state index is 11.9. The molecular weight excluding hydrogens is 246 g/mol. The van der Waals surface area contributed by atoms with Crippen LogP contribution in [-0.4, -0.2) is 24.0 Å². The average molecular weight is 259 g/mol. The van der Waals surface area contributed by atoms with Gasteiger partial charge in [-0.2, -0.15) is 0 Å². The summed E-state index contributed by atoms with van der Waals surface area (Å²) in [6.45, 7) is 1.70. The number of rotatable bonds is 3. The summed E-state index contributed by atoms with van der Waals surface area (Å²) in [7, 11) is 1.53. The van der Waals surface area contributed by atoms with Crippen LogP contribution in [0.4, 0.5) is 5.69 Å². The van der Waals surface area contributed by atoms with Crippen LogP contribution >= 0.6 is 0 Å². The van der Waals surface area contributed by atoms with Crippen molar-refractivity contribution in [2.45, 2.75) is 6.92 Å². The molecule has 6 nitrogen and oxygen atoms in total. The topological polar surface area (TPSA) is 84.2 Å². The van der Waals surface area contributed by atoms with E-state index in [1.807, 2.05) is 0 Å². The van der Waals surface area contributed by atoms with E-state index in [4.69, 9.17) is 4.52 Å². The van der Waals surface area contributed by atoms with Gasteiger partial charge in [0.2, 0.25) is 0 Å². The van der Waals surface area contributed by atoms with Gasteiger partial charge in [0.15, 0.2) is 5.69 Å². The molecule has 0 aliphatic carbocycles. The number of nitrogens with one attached hydrogen (secondary N) is 2. The van der Waals surface area contributed by atoms with Crippen molar-refractivity contribution in [3.8, 4) is 0 Å². The molecule has 0 saturated carbocycles. The molecule has 1 aromatic carbocycles. The molecule has 0 fully saturated rings. The highest BCUT2D eigenvalue weighted by Crippen LogP contribution is 2.16. The second-order valence-electron chi connectivity index (χ2n) is 3.90. The lowest BCUT2D eigenvalue weighted by molar-refractivity contribution is 0.0964. The summed E-state index contributed by atoms with van der Waals surface area (Å²) < 4.78 is 4.83. The number of para-hydroxylation sites is 1. The first-order chi connectivity index (χ1) is 9.11. The first kappa shape index (κ1) is 12.8. The molecule has 1 aromatic heterocycles. The van der Waals surface area contributed by atoms with Crippen LogP contribution in [-0.2, 0) is 0 Å². The van der Waals surface area contributed by atoms with Gasteiger partial charge in [-0.1, -0.05) is 17.3 Å². The third-order valence-electron chi connectivity index (χ3n) is 2.51. The minimum absolute atomic E-state index is 0.171. The van der Waals surface area contributed by atoms with Crippen molar-refractivity contribution in [1.82, 2.24) is 10.5 Å². The first-order valence-electron chi connectivity index (χ1n) is 5.67. The highest BCUT2D eigenvalue weighted by molar-refractivity contribution is 6.08. The molecule has 0 saturated heterocycles. The zero-order valence-electron chi connectivity index (χ0n) is 10.6. The minimum Gasteiger partial charge on any atom is -0.361 e. The molecular formula is C13H13N3O3. The number of carbonyl (C=O) groups is 2. The number of amides is 2. The molecule has 19 heavy (non-hydrogen) atoms. The molecule has 2 N–H and O–H groups in total. The third-order valence-corrected chi connectivity index (χ3v) is 2.51. The van der Waals surface area contributed by atoms with Crippen LogP contribution < -0.4 is 10.6 Å². The van der Waals surface area contributed by atoms with Crippen LogP contribution in [0.25, 0.3) is 0 Å². The van der Waals surface area contributed by atoms with Gasteiger partial charge in [0.25, 0.3) is 11.8 Å². The Balaban J connectivity index is 2.24. The van der Waals surface area contributed by atoms with Crippen LogP contribution in [0, 0.1) is 6.92 Å². The van der Waals surface area contributed by atoms with E-state index in [2.05, 4.69) is 15.8 Å². The summed E-state index contributed by atoms with van der Waals surface area (Å²) >= 11 is 0. The Morgan fingerprint density at radius 1 is 1.21 bits per heavy atom. The largest absolute Gasteiger partial charge is 0.361 e. The number of aryl methyl sites for hydroxylation is 1. The Labute approximate surface area is 109 Å². The molecule has 0 aliphatic heterocycles. The average Bonchev–Trinajstić information content (AvgIpc) is 2.85. The Kier molecular flexibility index (Phi) is 3.61. The SMILES string of the molecule is CNC(=O)c1ccccc1NC(=O)c1cc(C)on1. The van der Waals surface area contributed by atoms with Crippen LogP contribution in [0.15, 0.2) is 34.9 Å². The van der Waals surface area contributed by atoms with E-state index in [9.17, 15) is 9.59 Å². The zero-order chi connectivity index (χ0) is 13.8. The summed E-state index contributed by atoms with van der Waals surface area (Å²) in [4.78, 5) is 23.6. The predicted molar refractivity (Wildman–Crippen MR) is 69.0 cm³/mol. The summed E-state index contributed by atoms with van der Waals surface area (Å²) in [5.41, 5.74) is 0.982. The number of aromatic nitrogens is 1. The zero-order valence-corrected chi connectivity index (χ0v) is 10.6. The van der Waals surface area contributed by atoms with E-state index < -0.39 is 5.91 Å². The summed E-state index contributed by atoms with van der Waals surface area (Å²) in [5.74, 6) is -0.148. The monoisotopic (exact) mass is 259 g/mol. The molecule has 2 rings (SSSR count). The second-order valence-corrected chi connectivity index (χ2v) is 3.90. The van der Waals surface area contributed by atoms with Gasteiger partial charge < -0.3 is 15.2 Å². The van der Waals surface area contributed by atoms with Gasteiger partial charge in [-0.25, -0.2) is 0 Å². The second kappa shape index (κ2) is 5.34. The van der Waals surface area contributed by atoms with Crippen LogP contribution in [0.1, 0.15) is 26.6 Å². The quantitative estimate of drug-likeness (QED) is 0.876. The van der Waals surface area contributed by atoms with Gasteiger partial charge in [0.1, 0.15) is 5.76 Å².